The van der Waals surface area contributed by atoms with Gasteiger partial charge < -0.3 is 24.2 Å². The highest BCUT2D eigenvalue weighted by molar-refractivity contribution is 5.75. The van der Waals surface area contributed by atoms with E-state index in [1.54, 1.807) is 24.3 Å². The van der Waals surface area contributed by atoms with E-state index in [1.807, 2.05) is 6.92 Å². The van der Waals surface area contributed by atoms with Crippen molar-refractivity contribution in [2.24, 2.45) is 4.99 Å². The molecule has 1 aromatic carbocycles. The van der Waals surface area contributed by atoms with Crippen LogP contribution in [-0.4, -0.2) is 68.1 Å². The van der Waals surface area contributed by atoms with Crippen molar-refractivity contribution in [3.63, 3.8) is 0 Å². The lowest BCUT2D eigenvalue weighted by Crippen LogP contribution is -2.43. The monoisotopic (exact) mass is 351 g/mol. The molecule has 2 rings (SSSR count). The van der Waals surface area contributed by atoms with Crippen molar-refractivity contribution in [1.82, 2.24) is 0 Å². The minimum absolute atomic E-state index is 0.0668. The van der Waals surface area contributed by atoms with E-state index >= 15 is 0 Å². The van der Waals surface area contributed by atoms with Crippen molar-refractivity contribution in [3.8, 4) is 5.75 Å². The number of benzene rings is 1. The minimum atomic E-state index is -0.402. The molecule has 0 aliphatic carbocycles. The maximum absolute atomic E-state index is 12.1. The molecule has 1 heterocycles. The van der Waals surface area contributed by atoms with Gasteiger partial charge in [0.25, 0.3) is 0 Å². The second-order valence-electron chi connectivity index (χ2n) is 6.91. The van der Waals surface area contributed by atoms with Gasteiger partial charge >= 0.3 is 0 Å². The quantitative estimate of drug-likeness (QED) is 0.275. The van der Waals surface area contributed by atoms with E-state index in [0.717, 1.165) is 11.0 Å². The maximum atomic E-state index is 12.1. The van der Waals surface area contributed by atoms with E-state index < -0.39 is 6.10 Å². The highest BCUT2D eigenvalue weighted by atomic mass is 16.5. The van der Waals surface area contributed by atoms with Crippen LogP contribution in [0.2, 0.25) is 0 Å². The molecule has 0 aromatic heterocycles. The predicted molar refractivity (Wildman–Crippen MR) is 97.6 cm³/mol. The summed E-state index contributed by atoms with van der Waals surface area (Å²) in [7, 11) is 2.22. The zero-order chi connectivity index (χ0) is 18.1. The summed E-state index contributed by atoms with van der Waals surface area (Å²) >= 11 is 0. The summed E-state index contributed by atoms with van der Waals surface area (Å²) in [6.45, 7) is 6.37. The van der Waals surface area contributed by atoms with Crippen molar-refractivity contribution in [2.45, 2.75) is 32.3 Å². The fourth-order valence-electron chi connectivity index (χ4n) is 3.01. The summed E-state index contributed by atoms with van der Waals surface area (Å²) in [5.74, 6) is 0.609. The molecule has 0 bridgehead atoms. The van der Waals surface area contributed by atoms with Crippen molar-refractivity contribution in [2.75, 3.05) is 46.5 Å². The van der Waals surface area contributed by atoms with Crippen LogP contribution in [0.5, 0.6) is 5.75 Å². The highest BCUT2D eigenvalue weighted by Gasteiger charge is 2.25. The molecular formula is C19H31N2O4+. The first-order valence-corrected chi connectivity index (χ1v) is 9.10. The molecule has 0 saturated carbocycles. The number of hydrogen-bond donors (Lipinski definition) is 0. The molecule has 0 radical (unpaired) electrons. The molecule has 1 aliphatic rings. The van der Waals surface area contributed by atoms with Crippen LogP contribution in [0.4, 0.5) is 5.69 Å². The van der Waals surface area contributed by atoms with E-state index in [9.17, 15) is 5.11 Å². The number of quaternary nitrogens is 1. The van der Waals surface area contributed by atoms with E-state index in [1.165, 1.54) is 25.9 Å². The molecule has 1 atom stereocenters. The summed E-state index contributed by atoms with van der Waals surface area (Å²) in [6.07, 6.45) is 2.60. The van der Waals surface area contributed by atoms with Gasteiger partial charge in [-0.25, -0.2) is 0 Å². The smallest absolute Gasteiger partial charge is 0.212 e. The second kappa shape index (κ2) is 9.75. The molecule has 140 valence electrons. The van der Waals surface area contributed by atoms with Gasteiger partial charge in [0.15, 0.2) is 6.61 Å². The molecule has 1 unspecified atom stereocenters. The molecule has 0 amide bonds. The molecule has 6 nitrogen and oxygen atoms in total. The van der Waals surface area contributed by atoms with Crippen LogP contribution in [0.25, 0.3) is 0 Å². The van der Waals surface area contributed by atoms with Gasteiger partial charge in [-0.2, -0.15) is 0 Å². The topological polar surface area (TPSA) is 76.8 Å². The third-order valence-electron chi connectivity index (χ3n) is 4.58. The van der Waals surface area contributed by atoms with Crippen molar-refractivity contribution in [1.29, 1.82) is 0 Å². The lowest BCUT2D eigenvalue weighted by Gasteiger charge is -2.30. The third kappa shape index (κ3) is 7.02. The van der Waals surface area contributed by atoms with Crippen LogP contribution in [0.15, 0.2) is 29.3 Å². The van der Waals surface area contributed by atoms with Crippen LogP contribution in [0, 0.1) is 0 Å². The molecule has 25 heavy (non-hydrogen) atoms. The van der Waals surface area contributed by atoms with Crippen LogP contribution >= 0.6 is 0 Å². The largest absolute Gasteiger partial charge is 0.862 e. The van der Waals surface area contributed by atoms with Gasteiger partial charge in [-0.3, -0.25) is 4.99 Å². The molecule has 1 aliphatic heterocycles. The molecule has 1 fully saturated rings. The molecule has 1 aromatic rings. The number of ether oxygens (including phenoxy) is 2. The number of rotatable bonds is 10. The highest BCUT2D eigenvalue weighted by Crippen LogP contribution is 2.20. The summed E-state index contributed by atoms with van der Waals surface area (Å²) in [4.78, 5) is 4.17. The Hall–Kier alpha value is -1.63. The number of aliphatic imine (C=N–C) groups is 1. The summed E-state index contributed by atoms with van der Waals surface area (Å²) in [5.41, 5.74) is 0.651. The Balaban J connectivity index is 1.78. The normalized spacial score (nSPS) is 18.3. The van der Waals surface area contributed by atoms with Gasteiger partial charge in [-0.15, -0.1) is 0 Å². The van der Waals surface area contributed by atoms with E-state index in [-0.39, 0.29) is 12.5 Å². The standard InChI is InChI=1S/C19H30N2O4/c1-3-24-14-17(22)15-25-18-8-6-16(7-9-18)20-19(23)10-13-21(2)11-4-5-12-21/h6-9,17,22H,3-5,10-15H2,1-2H3/p+1. The molecular weight excluding hydrogens is 320 g/mol. The van der Waals surface area contributed by atoms with Crippen LogP contribution < -0.4 is 9.84 Å². The van der Waals surface area contributed by atoms with Gasteiger partial charge in [-0.05, 0) is 37.1 Å². The van der Waals surface area contributed by atoms with E-state index in [4.69, 9.17) is 14.6 Å². The first-order chi connectivity index (χ1) is 12.0. The van der Waals surface area contributed by atoms with Gasteiger partial charge in [0, 0.05) is 25.9 Å². The number of nitrogens with zero attached hydrogens (tertiary/aromatic N) is 2. The third-order valence-corrected chi connectivity index (χ3v) is 4.58. The van der Waals surface area contributed by atoms with Gasteiger partial charge in [0.2, 0.25) is 6.10 Å². The van der Waals surface area contributed by atoms with Gasteiger partial charge in [0.05, 0.1) is 32.4 Å². The average Bonchev–Trinajstić information content (AvgIpc) is 3.05. The van der Waals surface area contributed by atoms with Crippen LogP contribution in [-0.2, 0) is 4.74 Å². The minimum Gasteiger partial charge on any atom is -0.862 e. The summed E-state index contributed by atoms with van der Waals surface area (Å²) in [6, 6.07) is 7.13. The fourth-order valence-corrected chi connectivity index (χ4v) is 3.01. The maximum Gasteiger partial charge on any atom is 0.212 e. The Morgan fingerprint density at radius 3 is 2.56 bits per heavy atom. The Bertz CT molecular complexity index is 539. The van der Waals surface area contributed by atoms with Crippen LogP contribution in [0.1, 0.15) is 26.2 Å². The Labute approximate surface area is 150 Å². The number of hydrogen-bond acceptors (Lipinski definition) is 4. The van der Waals surface area contributed by atoms with Crippen molar-refractivity contribution < 1.29 is 24.2 Å². The fraction of sp³-hybridized carbons (Fsp3) is 0.632. The molecule has 6 heteroatoms. The van der Waals surface area contributed by atoms with Gasteiger partial charge in [0.1, 0.15) is 12.4 Å². The van der Waals surface area contributed by atoms with Crippen LogP contribution in [0.3, 0.4) is 0 Å². The van der Waals surface area contributed by atoms with Crippen molar-refractivity contribution in [3.05, 3.63) is 24.3 Å². The van der Waals surface area contributed by atoms with Gasteiger partial charge in [-0.1, -0.05) is 0 Å². The molecule has 1 saturated heterocycles. The van der Waals surface area contributed by atoms with E-state index in [0.29, 0.717) is 31.1 Å². The lowest BCUT2D eigenvalue weighted by molar-refractivity contribution is -0.897. The molecule has 0 spiro atoms. The summed E-state index contributed by atoms with van der Waals surface area (Å²) < 4.78 is 11.7. The summed E-state index contributed by atoms with van der Waals surface area (Å²) in [5, 5.41) is 19.8. The lowest BCUT2D eigenvalue weighted by atomic mass is 10.3. The SMILES string of the molecule is CCOCC([OH2+])COc1ccc(N=C([O-])CC[N+]2(C)CCCC2)cc1. The average molecular weight is 351 g/mol. The van der Waals surface area contributed by atoms with Crippen molar-refractivity contribution >= 4 is 11.6 Å². The predicted octanol–water partition coefficient (Wildman–Crippen LogP) is 1.22. The first kappa shape index (κ1) is 19.7. The first-order valence-electron chi connectivity index (χ1n) is 9.10. The van der Waals surface area contributed by atoms with E-state index in [2.05, 4.69) is 12.0 Å². The molecule has 2 N–H and O–H groups in total. The Morgan fingerprint density at radius 2 is 1.92 bits per heavy atom. The number of likely N-dealkylation sites (tertiary alicyclic amines) is 1. The second-order valence-corrected chi connectivity index (χ2v) is 6.91. The Kier molecular flexibility index (Phi) is 7.68. The Morgan fingerprint density at radius 1 is 1.24 bits per heavy atom. The zero-order valence-corrected chi connectivity index (χ0v) is 15.4. The zero-order valence-electron chi connectivity index (χ0n) is 15.4.